The zero-order chi connectivity index (χ0) is 23.5. The monoisotopic (exact) mass is 450 g/mol. The number of para-hydroxylation sites is 1. The maximum absolute atomic E-state index is 12.2. The number of nitrogens with one attached hydrogen (secondary N) is 2. The van der Waals surface area contributed by atoms with Crippen LogP contribution < -0.4 is 15.4 Å². The van der Waals surface area contributed by atoms with Crippen molar-refractivity contribution in [2.45, 2.75) is 46.1 Å². The molecule has 1 heterocycles. The zero-order valence-electron chi connectivity index (χ0n) is 19.5. The molecule has 0 aliphatic heterocycles. The summed E-state index contributed by atoms with van der Waals surface area (Å²) in [7, 11) is 0. The Bertz CT molecular complexity index is 1020. The molecular weight excluding hydrogens is 416 g/mol. The Labute approximate surface area is 195 Å². The first-order valence-corrected chi connectivity index (χ1v) is 11.6. The van der Waals surface area contributed by atoms with Gasteiger partial charge in [-0.25, -0.2) is 9.78 Å². The molecule has 3 rings (SSSR count). The molecule has 2 aromatic carbocycles. The number of aryl methyl sites for hydroxylation is 2. The highest BCUT2D eigenvalue weighted by Gasteiger charge is 2.12. The molecule has 0 saturated heterocycles. The highest BCUT2D eigenvalue weighted by atomic mass is 16.5. The molecule has 0 spiro atoms. The predicted octanol–water partition coefficient (Wildman–Crippen LogP) is 4.78. The largest absolute Gasteiger partial charge is 0.491 e. The van der Waals surface area contributed by atoms with E-state index >= 15 is 0 Å². The van der Waals surface area contributed by atoms with Crippen molar-refractivity contribution in [3.05, 3.63) is 66.1 Å². The molecule has 2 amide bonds. The van der Waals surface area contributed by atoms with Gasteiger partial charge in [0.1, 0.15) is 5.75 Å². The van der Waals surface area contributed by atoms with Gasteiger partial charge in [0.2, 0.25) is 0 Å². The fourth-order valence-corrected chi connectivity index (χ4v) is 3.74. The van der Waals surface area contributed by atoms with Gasteiger partial charge in [0.15, 0.2) is 0 Å². The molecule has 0 aliphatic rings. The molecule has 0 saturated carbocycles. The second-order valence-electron chi connectivity index (χ2n) is 7.91. The number of nitrogens with zero attached hydrogens (tertiary/aromatic N) is 2. The van der Waals surface area contributed by atoms with Gasteiger partial charge in [0.05, 0.1) is 24.3 Å². The van der Waals surface area contributed by atoms with Crippen molar-refractivity contribution in [1.82, 2.24) is 14.9 Å². The number of hydrogen-bond donors (Lipinski definition) is 3. The number of urea groups is 1. The molecule has 0 atom stereocenters. The van der Waals surface area contributed by atoms with Crippen LogP contribution >= 0.6 is 0 Å². The third-order valence-corrected chi connectivity index (χ3v) is 5.47. The maximum Gasteiger partial charge on any atom is 0.319 e. The third kappa shape index (κ3) is 6.83. The first kappa shape index (κ1) is 24.3. The molecule has 7 nitrogen and oxygen atoms in total. The minimum Gasteiger partial charge on any atom is -0.491 e. The first-order chi connectivity index (χ1) is 16.1. The lowest BCUT2D eigenvalue weighted by Crippen LogP contribution is -2.30. The summed E-state index contributed by atoms with van der Waals surface area (Å²) in [5.74, 6) is 0.659. The van der Waals surface area contributed by atoms with Crippen LogP contribution in [-0.2, 0) is 13.0 Å². The van der Waals surface area contributed by atoms with Gasteiger partial charge in [-0.3, -0.25) is 0 Å². The fourth-order valence-electron chi connectivity index (χ4n) is 3.74. The van der Waals surface area contributed by atoms with E-state index in [4.69, 9.17) is 9.84 Å². The van der Waals surface area contributed by atoms with Crippen LogP contribution in [0.25, 0.3) is 11.3 Å². The number of aliphatic hydroxyl groups is 1. The van der Waals surface area contributed by atoms with Crippen LogP contribution in [-0.4, -0.2) is 40.4 Å². The molecule has 0 aliphatic carbocycles. The van der Waals surface area contributed by atoms with Gasteiger partial charge < -0.3 is 25.0 Å². The number of imidazole rings is 1. The normalized spacial score (nSPS) is 10.8. The van der Waals surface area contributed by atoms with Crippen LogP contribution in [0, 0.1) is 6.92 Å². The lowest BCUT2D eigenvalue weighted by molar-refractivity contribution is 0.250. The number of anilines is 1. The summed E-state index contributed by atoms with van der Waals surface area (Å²) in [5, 5.41) is 14.6. The number of carbonyl (C=O) groups is 1. The second kappa shape index (κ2) is 12.6. The summed E-state index contributed by atoms with van der Waals surface area (Å²) >= 11 is 0. The first-order valence-electron chi connectivity index (χ1n) is 11.6. The second-order valence-corrected chi connectivity index (χ2v) is 7.91. The molecule has 0 fully saturated rings. The van der Waals surface area contributed by atoms with E-state index in [-0.39, 0.29) is 12.6 Å². The van der Waals surface area contributed by atoms with Gasteiger partial charge in [0.25, 0.3) is 0 Å². The van der Waals surface area contributed by atoms with Crippen LogP contribution in [0.5, 0.6) is 5.75 Å². The molecule has 1 aromatic heterocycles. The van der Waals surface area contributed by atoms with E-state index in [1.54, 1.807) is 0 Å². The fraction of sp³-hybridized carbons (Fsp3) is 0.385. The smallest absolute Gasteiger partial charge is 0.319 e. The van der Waals surface area contributed by atoms with Crippen LogP contribution in [0.15, 0.2) is 54.9 Å². The van der Waals surface area contributed by atoms with E-state index in [2.05, 4.69) is 39.2 Å². The summed E-state index contributed by atoms with van der Waals surface area (Å²) in [6, 6.07) is 15.7. The van der Waals surface area contributed by atoms with Gasteiger partial charge in [-0.2, -0.15) is 0 Å². The van der Waals surface area contributed by atoms with Gasteiger partial charge in [-0.05, 0) is 44.2 Å². The van der Waals surface area contributed by atoms with E-state index in [1.807, 2.05) is 49.6 Å². The Hall–Kier alpha value is -3.32. The Balaban J connectivity index is 1.56. The minimum absolute atomic E-state index is 0.130. The van der Waals surface area contributed by atoms with Crippen LogP contribution in [0.1, 0.15) is 37.4 Å². The van der Waals surface area contributed by atoms with E-state index in [0.29, 0.717) is 31.0 Å². The lowest BCUT2D eigenvalue weighted by Gasteiger charge is -2.16. The molecule has 0 unspecified atom stereocenters. The van der Waals surface area contributed by atoms with Crippen molar-refractivity contribution >= 4 is 11.7 Å². The van der Waals surface area contributed by atoms with Crippen LogP contribution in [0.4, 0.5) is 10.5 Å². The highest BCUT2D eigenvalue weighted by Crippen LogP contribution is 2.28. The number of rotatable bonds is 12. The van der Waals surface area contributed by atoms with Gasteiger partial charge in [-0.1, -0.05) is 49.4 Å². The van der Waals surface area contributed by atoms with Crippen molar-refractivity contribution < 1.29 is 14.6 Å². The molecule has 7 heteroatoms. The number of aliphatic hydroxyl groups excluding tert-OH is 1. The Morgan fingerprint density at radius 3 is 2.67 bits per heavy atom. The SMILES string of the molecule is CCc1c(-c2ccccc2)ncn1CCCOc1cccc(C)c1NC(=O)NCCCCO. The Kier molecular flexibility index (Phi) is 9.32. The average Bonchev–Trinajstić information content (AvgIpc) is 3.25. The summed E-state index contributed by atoms with van der Waals surface area (Å²) in [6.45, 7) is 6.07. The molecule has 0 radical (unpaired) electrons. The van der Waals surface area contributed by atoms with Crippen molar-refractivity contribution in [3.8, 4) is 17.0 Å². The molecule has 3 aromatic rings. The third-order valence-electron chi connectivity index (χ3n) is 5.47. The minimum atomic E-state index is -0.272. The average molecular weight is 451 g/mol. The van der Waals surface area contributed by atoms with Gasteiger partial charge in [0, 0.05) is 31.0 Å². The van der Waals surface area contributed by atoms with E-state index in [9.17, 15) is 4.79 Å². The number of amides is 2. The Morgan fingerprint density at radius 2 is 1.91 bits per heavy atom. The van der Waals surface area contributed by atoms with Crippen molar-refractivity contribution in [3.63, 3.8) is 0 Å². The van der Waals surface area contributed by atoms with E-state index in [0.717, 1.165) is 42.6 Å². The molecule has 0 bridgehead atoms. The van der Waals surface area contributed by atoms with Crippen molar-refractivity contribution in [2.75, 3.05) is 25.1 Å². The number of carbonyl (C=O) groups excluding carboxylic acids is 1. The predicted molar refractivity (Wildman–Crippen MR) is 132 cm³/mol. The van der Waals surface area contributed by atoms with Gasteiger partial charge in [-0.15, -0.1) is 0 Å². The summed E-state index contributed by atoms with van der Waals surface area (Å²) in [5.41, 5.74) is 5.01. The zero-order valence-corrected chi connectivity index (χ0v) is 19.5. The van der Waals surface area contributed by atoms with Crippen LogP contribution in [0.2, 0.25) is 0 Å². The number of hydrogen-bond acceptors (Lipinski definition) is 4. The standard InChI is InChI=1S/C26H34N4O3/c1-3-22-25(21-12-5-4-6-13-21)28-19-30(22)16-10-18-33-23-14-9-11-20(2)24(23)29-26(32)27-15-7-8-17-31/h4-6,9,11-14,19,31H,3,7-8,10,15-18H2,1-2H3,(H2,27,29,32). The Morgan fingerprint density at radius 1 is 1.09 bits per heavy atom. The van der Waals surface area contributed by atoms with Crippen LogP contribution in [0.3, 0.4) is 0 Å². The molecular formula is C26H34N4O3. The van der Waals surface area contributed by atoms with E-state index < -0.39 is 0 Å². The summed E-state index contributed by atoms with van der Waals surface area (Å²) < 4.78 is 8.23. The molecule has 3 N–H and O–H groups in total. The summed E-state index contributed by atoms with van der Waals surface area (Å²) in [4.78, 5) is 16.9. The number of unbranched alkanes of at least 4 members (excludes halogenated alkanes) is 1. The number of benzene rings is 2. The lowest BCUT2D eigenvalue weighted by atomic mass is 10.1. The van der Waals surface area contributed by atoms with Gasteiger partial charge >= 0.3 is 6.03 Å². The number of aromatic nitrogens is 2. The number of ether oxygens (including phenoxy) is 1. The highest BCUT2D eigenvalue weighted by molar-refractivity contribution is 5.91. The van der Waals surface area contributed by atoms with E-state index in [1.165, 1.54) is 5.69 Å². The quantitative estimate of drug-likeness (QED) is 0.346. The van der Waals surface area contributed by atoms with Crippen molar-refractivity contribution in [2.24, 2.45) is 0 Å². The summed E-state index contributed by atoms with van der Waals surface area (Å²) in [6.07, 6.45) is 5.04. The molecule has 33 heavy (non-hydrogen) atoms. The topological polar surface area (TPSA) is 88.4 Å². The maximum atomic E-state index is 12.2. The molecule has 176 valence electrons. The van der Waals surface area contributed by atoms with Crippen molar-refractivity contribution in [1.29, 1.82) is 0 Å².